The second kappa shape index (κ2) is 10.9. The molecule has 0 spiro atoms. The lowest BCUT2D eigenvalue weighted by molar-refractivity contribution is -0.136. The van der Waals surface area contributed by atoms with Gasteiger partial charge in [0.25, 0.3) is 5.91 Å². The van der Waals surface area contributed by atoms with Crippen molar-refractivity contribution < 1.29 is 19.1 Å². The number of hydrogen-bond donors (Lipinski definition) is 4. The zero-order chi connectivity index (χ0) is 26.5. The van der Waals surface area contributed by atoms with Crippen molar-refractivity contribution in [3.63, 3.8) is 0 Å². The number of imidazole rings is 1. The smallest absolute Gasteiger partial charge is 0.305 e. The van der Waals surface area contributed by atoms with E-state index in [2.05, 4.69) is 5.32 Å². The Bertz CT molecular complexity index is 1470. The minimum Gasteiger partial charge on any atom is -0.481 e. The number of halogens is 1. The Balaban J connectivity index is 1.60. The molecular formula is C27H27FN6O3. The number of carbonyl (C=O) groups is 2. The Hall–Kier alpha value is -4.73. The van der Waals surface area contributed by atoms with Crippen LogP contribution in [0.25, 0.3) is 11.0 Å². The fourth-order valence-electron chi connectivity index (χ4n) is 4.10. The zero-order valence-electron chi connectivity index (χ0n) is 20.2. The van der Waals surface area contributed by atoms with E-state index in [0.29, 0.717) is 29.7 Å². The summed E-state index contributed by atoms with van der Waals surface area (Å²) in [5.41, 5.74) is 9.07. The first-order chi connectivity index (χ1) is 17.8. The third kappa shape index (κ3) is 5.75. The van der Waals surface area contributed by atoms with Crippen LogP contribution in [0.3, 0.4) is 0 Å². The van der Waals surface area contributed by atoms with Crippen LogP contribution in [0.15, 0.2) is 66.7 Å². The molecule has 37 heavy (non-hydrogen) atoms. The number of benzene rings is 3. The molecule has 0 fully saturated rings. The highest BCUT2D eigenvalue weighted by atomic mass is 19.1. The maximum Gasteiger partial charge on any atom is 0.305 e. The van der Waals surface area contributed by atoms with E-state index >= 15 is 0 Å². The van der Waals surface area contributed by atoms with E-state index < -0.39 is 17.7 Å². The predicted molar refractivity (Wildman–Crippen MR) is 141 cm³/mol. The van der Waals surface area contributed by atoms with Gasteiger partial charge in [0.2, 0.25) is 0 Å². The summed E-state index contributed by atoms with van der Waals surface area (Å²) in [5.74, 6) is -1.24. The molecule has 4 aromatic rings. The van der Waals surface area contributed by atoms with Crippen molar-refractivity contribution in [2.45, 2.75) is 26.4 Å². The average Bonchev–Trinajstić information content (AvgIpc) is 3.24. The fraction of sp³-hybridized carbons (Fsp3) is 0.185. The number of anilines is 2. The highest BCUT2D eigenvalue weighted by molar-refractivity contribution is 6.07. The number of aromatic nitrogens is 2. The van der Waals surface area contributed by atoms with Crippen LogP contribution in [-0.4, -0.2) is 38.9 Å². The lowest BCUT2D eigenvalue weighted by Crippen LogP contribution is -2.33. The number of nitrogens with one attached hydrogen (secondary N) is 2. The van der Waals surface area contributed by atoms with Crippen molar-refractivity contribution in [1.29, 1.82) is 5.41 Å². The number of amides is 1. The van der Waals surface area contributed by atoms with Crippen molar-refractivity contribution in [3.05, 3.63) is 89.5 Å². The lowest BCUT2D eigenvalue weighted by Gasteiger charge is -2.22. The summed E-state index contributed by atoms with van der Waals surface area (Å²) in [7, 11) is 0. The minimum absolute atomic E-state index is 0.00333. The van der Waals surface area contributed by atoms with E-state index in [9.17, 15) is 14.0 Å². The first-order valence-corrected chi connectivity index (χ1v) is 11.7. The Morgan fingerprint density at radius 3 is 2.49 bits per heavy atom. The summed E-state index contributed by atoms with van der Waals surface area (Å²) in [6, 6.07) is 17.9. The first-order valence-electron chi connectivity index (χ1n) is 11.7. The van der Waals surface area contributed by atoms with Gasteiger partial charge >= 0.3 is 5.97 Å². The van der Waals surface area contributed by atoms with E-state index in [1.807, 2.05) is 29.7 Å². The van der Waals surface area contributed by atoms with Crippen molar-refractivity contribution in [3.8, 4) is 0 Å². The average molecular weight is 503 g/mol. The summed E-state index contributed by atoms with van der Waals surface area (Å²) < 4.78 is 15.9. The van der Waals surface area contributed by atoms with E-state index in [1.165, 1.54) is 23.1 Å². The monoisotopic (exact) mass is 502 g/mol. The molecule has 0 saturated heterocycles. The second-order valence-corrected chi connectivity index (χ2v) is 8.40. The molecule has 190 valence electrons. The molecule has 0 atom stereocenters. The number of carboxylic acids is 1. The van der Waals surface area contributed by atoms with Crippen LogP contribution in [0.5, 0.6) is 0 Å². The standard InChI is InChI=1S/C27H27FN6O3/c1-2-33-23-11-8-18(27(37)34(13-12-25(35)36)21-5-3-4-19(28)15-21)14-22(23)32-24(33)16-31-20-9-6-17(7-10-20)26(29)30/h3-11,14-15,31H,2,12-13,16H2,1H3,(H3,29,30)(H,35,36). The third-order valence-corrected chi connectivity index (χ3v) is 5.95. The number of nitrogens with two attached hydrogens (primary N) is 1. The van der Waals surface area contributed by atoms with Gasteiger partial charge in [0.1, 0.15) is 17.5 Å². The molecule has 1 heterocycles. The minimum atomic E-state index is -1.06. The van der Waals surface area contributed by atoms with Gasteiger partial charge in [0.05, 0.1) is 24.0 Å². The van der Waals surface area contributed by atoms with Crippen LogP contribution in [0.4, 0.5) is 15.8 Å². The van der Waals surface area contributed by atoms with Crippen LogP contribution < -0.4 is 16.0 Å². The molecule has 4 rings (SSSR count). The molecule has 0 saturated carbocycles. The topological polar surface area (TPSA) is 137 Å². The SMILES string of the molecule is CCn1c(CNc2ccc(C(=N)N)cc2)nc2cc(C(=O)N(CCC(=O)O)c3cccc(F)c3)ccc21. The van der Waals surface area contributed by atoms with Gasteiger partial charge in [-0.15, -0.1) is 0 Å². The molecule has 0 bridgehead atoms. The number of rotatable bonds is 10. The number of fused-ring (bicyclic) bond motifs is 1. The fourth-order valence-corrected chi connectivity index (χ4v) is 4.10. The number of aliphatic carboxylic acids is 1. The maximum atomic E-state index is 13.8. The molecule has 1 amide bonds. The van der Waals surface area contributed by atoms with Gasteiger partial charge in [0, 0.05) is 35.6 Å². The number of nitrogens with zero attached hydrogens (tertiary/aromatic N) is 3. The van der Waals surface area contributed by atoms with E-state index in [1.54, 1.807) is 30.3 Å². The highest BCUT2D eigenvalue weighted by Crippen LogP contribution is 2.23. The molecule has 0 aliphatic rings. The number of carbonyl (C=O) groups excluding carboxylic acids is 1. The molecule has 0 radical (unpaired) electrons. The van der Waals surface area contributed by atoms with Crippen LogP contribution >= 0.6 is 0 Å². The van der Waals surface area contributed by atoms with Gasteiger partial charge in [-0.3, -0.25) is 15.0 Å². The van der Waals surface area contributed by atoms with E-state index in [0.717, 1.165) is 17.0 Å². The van der Waals surface area contributed by atoms with E-state index in [-0.39, 0.29) is 24.5 Å². The van der Waals surface area contributed by atoms with Gasteiger partial charge in [-0.2, -0.15) is 0 Å². The second-order valence-electron chi connectivity index (χ2n) is 8.40. The Morgan fingerprint density at radius 2 is 1.84 bits per heavy atom. The van der Waals surface area contributed by atoms with Crippen LogP contribution in [0.1, 0.15) is 35.1 Å². The summed E-state index contributed by atoms with van der Waals surface area (Å²) in [6.45, 7) is 3.00. The summed E-state index contributed by atoms with van der Waals surface area (Å²) >= 11 is 0. The Labute approximate surface area is 212 Å². The largest absolute Gasteiger partial charge is 0.481 e. The molecule has 3 aromatic carbocycles. The molecule has 0 unspecified atom stereocenters. The van der Waals surface area contributed by atoms with Crippen molar-refractivity contribution in [2.75, 3.05) is 16.8 Å². The zero-order valence-corrected chi connectivity index (χ0v) is 20.2. The highest BCUT2D eigenvalue weighted by Gasteiger charge is 2.21. The number of hydrogen-bond acceptors (Lipinski definition) is 5. The Kier molecular flexibility index (Phi) is 7.47. The molecular weight excluding hydrogens is 475 g/mol. The summed E-state index contributed by atoms with van der Waals surface area (Å²) in [5, 5.41) is 20.0. The van der Waals surface area contributed by atoms with Gasteiger partial charge in [-0.1, -0.05) is 6.07 Å². The van der Waals surface area contributed by atoms with Crippen molar-refractivity contribution in [1.82, 2.24) is 9.55 Å². The third-order valence-electron chi connectivity index (χ3n) is 5.95. The predicted octanol–water partition coefficient (Wildman–Crippen LogP) is 4.21. The van der Waals surface area contributed by atoms with Crippen LogP contribution in [-0.2, 0) is 17.9 Å². The number of nitrogen functional groups attached to an aromatic ring is 1. The Morgan fingerprint density at radius 1 is 1.11 bits per heavy atom. The molecule has 0 aliphatic carbocycles. The maximum absolute atomic E-state index is 13.8. The quantitative estimate of drug-likeness (QED) is 0.189. The van der Waals surface area contributed by atoms with Gasteiger partial charge < -0.3 is 25.6 Å². The lowest BCUT2D eigenvalue weighted by atomic mass is 10.1. The van der Waals surface area contributed by atoms with Gasteiger partial charge in [0.15, 0.2) is 0 Å². The summed E-state index contributed by atoms with van der Waals surface area (Å²) in [4.78, 5) is 30.6. The first kappa shape index (κ1) is 25.4. The number of amidine groups is 1. The molecule has 9 nitrogen and oxygen atoms in total. The molecule has 5 N–H and O–H groups in total. The van der Waals surface area contributed by atoms with Gasteiger partial charge in [-0.25, -0.2) is 9.37 Å². The van der Waals surface area contributed by atoms with Crippen LogP contribution in [0, 0.1) is 11.2 Å². The molecule has 10 heteroatoms. The van der Waals surface area contributed by atoms with Crippen LogP contribution in [0.2, 0.25) is 0 Å². The van der Waals surface area contributed by atoms with Crippen molar-refractivity contribution in [2.24, 2.45) is 5.73 Å². The molecule has 1 aromatic heterocycles. The number of aryl methyl sites for hydroxylation is 1. The van der Waals surface area contributed by atoms with E-state index in [4.69, 9.17) is 21.2 Å². The molecule has 0 aliphatic heterocycles. The van der Waals surface area contributed by atoms with Gasteiger partial charge in [-0.05, 0) is 67.6 Å². The normalized spacial score (nSPS) is 10.9. The number of carboxylic acid groups (broad SMARTS) is 1. The summed E-state index contributed by atoms with van der Waals surface area (Å²) in [6.07, 6.45) is -0.280. The van der Waals surface area contributed by atoms with Crippen molar-refractivity contribution >= 4 is 40.1 Å².